The number of hydrogen-bond donors (Lipinski definition) is 2. The molecule has 1 rings (SSSR count). The minimum Gasteiger partial charge on any atom is -0.399 e. The zero-order chi connectivity index (χ0) is 11.6. The van der Waals surface area contributed by atoms with E-state index in [2.05, 4.69) is 0 Å². The van der Waals surface area contributed by atoms with Gasteiger partial charge in [0.2, 0.25) is 5.91 Å². The first-order valence-electron chi connectivity index (χ1n) is 4.18. The van der Waals surface area contributed by atoms with Crippen molar-refractivity contribution in [1.29, 1.82) is 0 Å². The van der Waals surface area contributed by atoms with Crippen LogP contribution in [0.25, 0.3) is 0 Å². The fraction of sp³-hybridized carbons (Fsp3) is 0.222. The summed E-state index contributed by atoms with van der Waals surface area (Å²) in [6.07, 6.45) is 0. The minimum absolute atomic E-state index is 0.0597. The third kappa shape index (κ3) is 2.53. The third-order valence-corrected chi connectivity index (χ3v) is 3.53. The predicted molar refractivity (Wildman–Crippen MR) is 55.9 cm³/mol. The molecule has 1 amide bonds. The van der Waals surface area contributed by atoms with Gasteiger partial charge in [-0.15, -0.1) is 0 Å². The second kappa shape index (κ2) is 4.39. The van der Waals surface area contributed by atoms with Crippen LogP contribution in [0.15, 0.2) is 23.1 Å². The average Bonchev–Trinajstić information content (AvgIpc) is 2.15. The van der Waals surface area contributed by atoms with Crippen molar-refractivity contribution in [2.45, 2.75) is 17.1 Å². The largest absolute Gasteiger partial charge is 0.399 e. The molecule has 0 bridgehead atoms. The quantitative estimate of drug-likeness (QED) is 0.736. The Hall–Kier alpha value is -1.43. The van der Waals surface area contributed by atoms with Crippen molar-refractivity contribution in [1.82, 2.24) is 0 Å². The Labute approximate surface area is 88.9 Å². The van der Waals surface area contributed by atoms with Gasteiger partial charge in [-0.25, -0.2) is 4.39 Å². The standard InChI is InChI=1S/C9H11FN2O2S/c1-5(9(12)13)15(14)8-3-2-6(11)4-7(8)10/h2-5H,11H2,1H3,(H2,12,13). The normalized spacial score (nSPS) is 14.5. The summed E-state index contributed by atoms with van der Waals surface area (Å²) >= 11 is 0. The number of nitrogens with two attached hydrogens (primary N) is 2. The van der Waals surface area contributed by atoms with Crippen LogP contribution in [0, 0.1) is 5.82 Å². The van der Waals surface area contributed by atoms with E-state index in [1.807, 2.05) is 0 Å². The lowest BCUT2D eigenvalue weighted by Gasteiger charge is -2.08. The Morgan fingerprint density at radius 1 is 1.53 bits per heavy atom. The van der Waals surface area contributed by atoms with Gasteiger partial charge in [-0.2, -0.15) is 0 Å². The lowest BCUT2D eigenvalue weighted by atomic mass is 10.3. The molecule has 15 heavy (non-hydrogen) atoms. The van der Waals surface area contributed by atoms with Gasteiger partial charge < -0.3 is 11.5 Å². The van der Waals surface area contributed by atoms with Crippen LogP contribution >= 0.6 is 0 Å². The van der Waals surface area contributed by atoms with E-state index in [1.54, 1.807) is 0 Å². The van der Waals surface area contributed by atoms with E-state index in [4.69, 9.17) is 11.5 Å². The first kappa shape index (κ1) is 11.6. The summed E-state index contributed by atoms with van der Waals surface area (Å²) < 4.78 is 24.9. The second-order valence-corrected chi connectivity index (χ2v) is 4.77. The zero-order valence-electron chi connectivity index (χ0n) is 8.07. The first-order chi connectivity index (χ1) is 6.93. The highest BCUT2D eigenvalue weighted by atomic mass is 32.2. The molecule has 0 saturated heterocycles. The monoisotopic (exact) mass is 230 g/mol. The smallest absolute Gasteiger partial charge is 0.233 e. The molecule has 0 saturated carbocycles. The number of carbonyl (C=O) groups excluding carboxylic acids is 1. The number of nitrogen functional groups attached to an aromatic ring is 1. The van der Waals surface area contributed by atoms with E-state index in [-0.39, 0.29) is 10.6 Å². The summed E-state index contributed by atoms with van der Waals surface area (Å²) in [5.41, 5.74) is 10.5. The molecule has 6 heteroatoms. The second-order valence-electron chi connectivity index (χ2n) is 3.03. The van der Waals surface area contributed by atoms with Crippen LogP contribution < -0.4 is 11.5 Å². The summed E-state index contributed by atoms with van der Waals surface area (Å²) in [5.74, 6) is -1.43. The number of hydrogen-bond acceptors (Lipinski definition) is 3. The van der Waals surface area contributed by atoms with E-state index in [1.165, 1.54) is 19.1 Å². The fourth-order valence-corrected chi connectivity index (χ4v) is 2.02. The van der Waals surface area contributed by atoms with Crippen molar-refractivity contribution in [3.8, 4) is 0 Å². The molecule has 2 unspecified atom stereocenters. The molecule has 0 aromatic heterocycles. The molecule has 0 radical (unpaired) electrons. The zero-order valence-corrected chi connectivity index (χ0v) is 8.88. The van der Waals surface area contributed by atoms with Gasteiger partial charge in [0.15, 0.2) is 0 Å². The number of primary amides is 1. The van der Waals surface area contributed by atoms with Crippen molar-refractivity contribution in [3.05, 3.63) is 24.0 Å². The first-order valence-corrected chi connectivity index (χ1v) is 5.39. The maximum absolute atomic E-state index is 13.3. The summed E-state index contributed by atoms with van der Waals surface area (Å²) in [5, 5.41) is -0.928. The Balaban J connectivity index is 3.07. The average molecular weight is 230 g/mol. The molecule has 4 nitrogen and oxygen atoms in total. The van der Waals surface area contributed by atoms with E-state index < -0.39 is 27.8 Å². The van der Waals surface area contributed by atoms with Gasteiger partial charge >= 0.3 is 0 Å². The highest BCUT2D eigenvalue weighted by Crippen LogP contribution is 2.18. The van der Waals surface area contributed by atoms with Crippen LogP contribution in [0.1, 0.15) is 6.92 Å². The number of amides is 1. The number of halogens is 1. The van der Waals surface area contributed by atoms with E-state index in [9.17, 15) is 13.4 Å². The summed E-state index contributed by atoms with van der Waals surface area (Å²) in [6.45, 7) is 1.38. The molecule has 0 aliphatic rings. The molecule has 0 aliphatic heterocycles. The molecule has 0 fully saturated rings. The molecular weight excluding hydrogens is 219 g/mol. The summed E-state index contributed by atoms with van der Waals surface area (Å²) in [4.78, 5) is 10.7. The molecule has 0 heterocycles. The van der Waals surface area contributed by atoms with Crippen molar-refractivity contribution in [2.24, 2.45) is 5.73 Å². The van der Waals surface area contributed by atoms with Crippen molar-refractivity contribution in [2.75, 3.05) is 5.73 Å². The van der Waals surface area contributed by atoms with Crippen molar-refractivity contribution in [3.63, 3.8) is 0 Å². The number of rotatable bonds is 3. The Kier molecular flexibility index (Phi) is 3.41. The SMILES string of the molecule is CC(C(N)=O)S(=O)c1ccc(N)cc1F. The van der Waals surface area contributed by atoms with Crippen molar-refractivity contribution >= 4 is 22.4 Å². The predicted octanol–water partition coefficient (Wildman–Crippen LogP) is 0.389. The van der Waals surface area contributed by atoms with Gasteiger partial charge in [0.25, 0.3) is 0 Å². The molecule has 4 N–H and O–H groups in total. The van der Waals surface area contributed by atoms with Gasteiger partial charge in [-0.3, -0.25) is 9.00 Å². The maximum Gasteiger partial charge on any atom is 0.233 e. The topological polar surface area (TPSA) is 86.2 Å². The van der Waals surface area contributed by atoms with Crippen molar-refractivity contribution < 1.29 is 13.4 Å². The molecule has 0 spiro atoms. The summed E-state index contributed by atoms with van der Waals surface area (Å²) in [7, 11) is -1.78. The van der Waals surface area contributed by atoms with E-state index >= 15 is 0 Å². The third-order valence-electron chi connectivity index (χ3n) is 1.89. The van der Waals surface area contributed by atoms with Gasteiger partial charge in [0.1, 0.15) is 11.1 Å². The number of benzene rings is 1. The molecule has 1 aromatic carbocycles. The van der Waals surface area contributed by atoms with Gasteiger partial charge in [0, 0.05) is 5.69 Å². The molecule has 0 aliphatic carbocycles. The highest BCUT2D eigenvalue weighted by Gasteiger charge is 2.21. The lowest BCUT2D eigenvalue weighted by molar-refractivity contribution is -0.117. The lowest BCUT2D eigenvalue weighted by Crippen LogP contribution is -2.30. The van der Waals surface area contributed by atoms with Crippen LogP contribution in [-0.4, -0.2) is 15.4 Å². The van der Waals surface area contributed by atoms with E-state index in [0.717, 1.165) is 6.07 Å². The number of carbonyl (C=O) groups is 1. The van der Waals surface area contributed by atoms with Crippen LogP contribution in [0.3, 0.4) is 0 Å². The fourth-order valence-electron chi connectivity index (χ4n) is 0.976. The van der Waals surface area contributed by atoms with Crippen LogP contribution in [0.5, 0.6) is 0 Å². The molecular formula is C9H11FN2O2S. The van der Waals surface area contributed by atoms with Gasteiger partial charge in [-0.05, 0) is 25.1 Å². The summed E-state index contributed by atoms with van der Waals surface area (Å²) in [6, 6.07) is 3.77. The van der Waals surface area contributed by atoms with Crippen LogP contribution in [0.2, 0.25) is 0 Å². The van der Waals surface area contributed by atoms with Crippen LogP contribution in [0.4, 0.5) is 10.1 Å². The number of anilines is 1. The van der Waals surface area contributed by atoms with Gasteiger partial charge in [0.05, 0.1) is 15.7 Å². The molecule has 1 aromatic rings. The molecule has 82 valence electrons. The molecule has 2 atom stereocenters. The van der Waals surface area contributed by atoms with E-state index in [0.29, 0.717) is 0 Å². The van der Waals surface area contributed by atoms with Crippen LogP contribution in [-0.2, 0) is 15.6 Å². The Morgan fingerprint density at radius 3 is 2.60 bits per heavy atom. The highest BCUT2D eigenvalue weighted by molar-refractivity contribution is 7.86. The Bertz CT molecular complexity index is 423. The minimum atomic E-state index is -1.78. The Morgan fingerprint density at radius 2 is 2.13 bits per heavy atom. The maximum atomic E-state index is 13.3. The van der Waals surface area contributed by atoms with Gasteiger partial charge in [-0.1, -0.05) is 0 Å².